The average Bonchev–Trinajstić information content (AvgIpc) is 2.58. The fraction of sp³-hybridized carbons (Fsp3) is 0.833. The van der Waals surface area contributed by atoms with Crippen LogP contribution in [-0.2, 0) is 14.3 Å². The maximum Gasteiger partial charge on any atom is 0.223 e. The van der Waals surface area contributed by atoms with Crippen LogP contribution in [0.1, 0.15) is 33.1 Å². The van der Waals surface area contributed by atoms with Crippen LogP contribution in [0, 0.1) is 0 Å². The monoisotopic (exact) mass is 259 g/mol. The molecule has 0 aromatic heterocycles. The molecule has 0 aliphatic carbocycles. The van der Waals surface area contributed by atoms with Crippen molar-refractivity contribution in [1.82, 2.24) is 4.90 Å². The Morgan fingerprint density at radius 1 is 1.53 bits per heavy atom. The Hall–Kier alpha value is -0.550. The highest BCUT2D eigenvalue weighted by Crippen LogP contribution is 2.24. The zero-order chi connectivity index (χ0) is 12.7. The normalized spacial score (nSPS) is 20.0. The molecule has 1 aliphatic heterocycles. The molecule has 1 fully saturated rings. The number of thioether (sulfide) groups is 1. The zero-order valence-corrected chi connectivity index (χ0v) is 11.4. The number of likely N-dealkylation sites (tertiary alicyclic amines) is 1. The summed E-state index contributed by atoms with van der Waals surface area (Å²) in [5.41, 5.74) is 0. The van der Waals surface area contributed by atoms with E-state index in [0.717, 1.165) is 26.0 Å². The third kappa shape index (κ3) is 5.55. The summed E-state index contributed by atoms with van der Waals surface area (Å²) in [6.07, 6.45) is 2.41. The van der Waals surface area contributed by atoms with E-state index >= 15 is 0 Å². The molecule has 0 N–H and O–H groups in total. The van der Waals surface area contributed by atoms with Crippen LogP contribution in [0.2, 0.25) is 0 Å². The van der Waals surface area contributed by atoms with Gasteiger partial charge in [0.15, 0.2) is 5.12 Å². The van der Waals surface area contributed by atoms with Crippen molar-refractivity contribution in [2.45, 2.75) is 38.4 Å². The smallest absolute Gasteiger partial charge is 0.223 e. The van der Waals surface area contributed by atoms with Gasteiger partial charge in [0.1, 0.15) is 0 Å². The number of hydrogen-bond donors (Lipinski definition) is 0. The number of nitrogens with zero attached hydrogens (tertiary/aromatic N) is 1. The van der Waals surface area contributed by atoms with E-state index in [2.05, 4.69) is 6.92 Å². The molecule has 4 nitrogen and oxygen atoms in total. The summed E-state index contributed by atoms with van der Waals surface area (Å²) in [7, 11) is 0. The lowest BCUT2D eigenvalue weighted by Crippen LogP contribution is -2.27. The van der Waals surface area contributed by atoms with Crippen LogP contribution in [-0.4, -0.2) is 47.5 Å². The fourth-order valence-electron chi connectivity index (χ4n) is 1.87. The summed E-state index contributed by atoms with van der Waals surface area (Å²) in [6.45, 7) is 6.58. The molecular formula is C12H21NO3S. The minimum Gasteiger partial charge on any atom is -0.381 e. The van der Waals surface area contributed by atoms with Crippen molar-refractivity contribution in [3.8, 4) is 0 Å². The lowest BCUT2D eigenvalue weighted by Gasteiger charge is -2.16. The molecule has 1 amide bonds. The molecule has 0 aromatic rings. The molecule has 98 valence electrons. The van der Waals surface area contributed by atoms with Gasteiger partial charge in [-0.3, -0.25) is 9.59 Å². The molecule has 17 heavy (non-hydrogen) atoms. The van der Waals surface area contributed by atoms with Crippen LogP contribution in [0.5, 0.6) is 0 Å². The van der Waals surface area contributed by atoms with Crippen molar-refractivity contribution in [2.75, 3.05) is 26.3 Å². The summed E-state index contributed by atoms with van der Waals surface area (Å²) in [6, 6.07) is 0. The molecule has 0 spiro atoms. The van der Waals surface area contributed by atoms with Crippen LogP contribution in [0.4, 0.5) is 0 Å². The van der Waals surface area contributed by atoms with E-state index in [1.54, 1.807) is 6.92 Å². The van der Waals surface area contributed by atoms with Crippen LogP contribution in [0.25, 0.3) is 0 Å². The highest BCUT2D eigenvalue weighted by atomic mass is 32.2. The SMILES string of the molecule is CCCOCCCN1CC(SC(C)=O)CC1=O. The van der Waals surface area contributed by atoms with Crippen molar-refractivity contribution in [3.05, 3.63) is 0 Å². The molecule has 0 aromatic carbocycles. The summed E-state index contributed by atoms with van der Waals surface area (Å²) < 4.78 is 5.37. The standard InChI is InChI=1S/C12H21NO3S/c1-3-6-16-7-4-5-13-9-11(8-12(13)15)17-10(2)14/h11H,3-9H2,1-2H3. The molecule has 5 heteroatoms. The summed E-state index contributed by atoms with van der Waals surface area (Å²) >= 11 is 1.28. The first-order chi connectivity index (χ1) is 8.13. The first-order valence-corrected chi connectivity index (χ1v) is 7.04. The third-order valence-corrected chi connectivity index (χ3v) is 3.56. The van der Waals surface area contributed by atoms with Gasteiger partial charge >= 0.3 is 0 Å². The van der Waals surface area contributed by atoms with Crippen molar-refractivity contribution in [1.29, 1.82) is 0 Å². The number of ether oxygens (including phenoxy) is 1. The van der Waals surface area contributed by atoms with Crippen molar-refractivity contribution >= 4 is 22.8 Å². The topological polar surface area (TPSA) is 46.6 Å². The van der Waals surface area contributed by atoms with Crippen molar-refractivity contribution in [2.24, 2.45) is 0 Å². The molecule has 0 radical (unpaired) electrons. The van der Waals surface area contributed by atoms with Crippen LogP contribution in [0.15, 0.2) is 0 Å². The van der Waals surface area contributed by atoms with E-state index in [-0.39, 0.29) is 16.3 Å². The third-order valence-electron chi connectivity index (χ3n) is 2.58. The van der Waals surface area contributed by atoms with E-state index in [1.807, 2.05) is 4.90 Å². The van der Waals surface area contributed by atoms with E-state index in [9.17, 15) is 9.59 Å². The van der Waals surface area contributed by atoms with E-state index in [4.69, 9.17) is 4.74 Å². The Morgan fingerprint density at radius 2 is 2.29 bits per heavy atom. The first-order valence-electron chi connectivity index (χ1n) is 6.16. The highest BCUT2D eigenvalue weighted by molar-refractivity contribution is 8.14. The van der Waals surface area contributed by atoms with Crippen LogP contribution < -0.4 is 0 Å². The second-order valence-electron chi connectivity index (χ2n) is 4.24. The predicted molar refractivity (Wildman–Crippen MR) is 69.0 cm³/mol. The van der Waals surface area contributed by atoms with Gasteiger partial charge in [-0.15, -0.1) is 0 Å². The largest absolute Gasteiger partial charge is 0.381 e. The van der Waals surface area contributed by atoms with Gasteiger partial charge in [-0.2, -0.15) is 0 Å². The Morgan fingerprint density at radius 3 is 2.94 bits per heavy atom. The van der Waals surface area contributed by atoms with E-state index < -0.39 is 0 Å². The molecule has 0 bridgehead atoms. The number of amides is 1. The summed E-state index contributed by atoms with van der Waals surface area (Å²) in [4.78, 5) is 24.4. The van der Waals surface area contributed by atoms with Gasteiger partial charge in [0, 0.05) is 44.9 Å². The number of carbonyl (C=O) groups is 2. The van der Waals surface area contributed by atoms with Gasteiger partial charge in [0.2, 0.25) is 5.91 Å². The Bertz CT molecular complexity index is 270. The zero-order valence-electron chi connectivity index (χ0n) is 10.6. The quantitative estimate of drug-likeness (QED) is 0.653. The number of rotatable bonds is 7. The van der Waals surface area contributed by atoms with Gasteiger partial charge < -0.3 is 9.64 Å². The lowest BCUT2D eigenvalue weighted by molar-refractivity contribution is -0.127. The van der Waals surface area contributed by atoms with Crippen molar-refractivity contribution < 1.29 is 14.3 Å². The molecular weight excluding hydrogens is 238 g/mol. The molecule has 1 saturated heterocycles. The average molecular weight is 259 g/mol. The second kappa shape index (κ2) is 7.71. The van der Waals surface area contributed by atoms with Gasteiger partial charge in [-0.1, -0.05) is 18.7 Å². The van der Waals surface area contributed by atoms with E-state index in [1.165, 1.54) is 11.8 Å². The Kier molecular flexibility index (Phi) is 6.58. The van der Waals surface area contributed by atoms with Gasteiger partial charge in [-0.05, 0) is 12.8 Å². The molecule has 1 atom stereocenters. The molecule has 1 rings (SSSR count). The van der Waals surface area contributed by atoms with Crippen molar-refractivity contribution in [3.63, 3.8) is 0 Å². The van der Waals surface area contributed by atoms with Gasteiger partial charge in [0.25, 0.3) is 0 Å². The molecule has 1 unspecified atom stereocenters. The molecule has 1 aliphatic rings. The van der Waals surface area contributed by atoms with Gasteiger partial charge in [0.05, 0.1) is 0 Å². The van der Waals surface area contributed by atoms with Gasteiger partial charge in [-0.25, -0.2) is 0 Å². The Labute approximate surface area is 107 Å². The predicted octanol–water partition coefficient (Wildman–Crippen LogP) is 1.68. The second-order valence-corrected chi connectivity index (χ2v) is 5.72. The first kappa shape index (κ1) is 14.5. The summed E-state index contributed by atoms with van der Waals surface area (Å²) in [5, 5.41) is 0.243. The lowest BCUT2D eigenvalue weighted by atomic mass is 10.4. The minimum atomic E-state index is 0.0935. The maximum atomic E-state index is 11.6. The fourth-order valence-corrected chi connectivity index (χ4v) is 2.82. The Balaban J connectivity index is 2.17. The van der Waals surface area contributed by atoms with Crippen LogP contribution in [0.3, 0.4) is 0 Å². The summed E-state index contributed by atoms with van der Waals surface area (Å²) in [5.74, 6) is 0.166. The molecule has 1 heterocycles. The number of carbonyl (C=O) groups excluding carboxylic acids is 2. The maximum absolute atomic E-state index is 11.6. The molecule has 0 saturated carbocycles. The number of hydrogen-bond acceptors (Lipinski definition) is 4. The highest BCUT2D eigenvalue weighted by Gasteiger charge is 2.30. The minimum absolute atomic E-state index is 0.0935. The van der Waals surface area contributed by atoms with Crippen LogP contribution >= 0.6 is 11.8 Å². The van der Waals surface area contributed by atoms with E-state index in [0.29, 0.717) is 19.6 Å².